The van der Waals surface area contributed by atoms with E-state index in [4.69, 9.17) is 18.9 Å². The zero-order chi connectivity index (χ0) is 14.1. The van der Waals surface area contributed by atoms with E-state index in [0.717, 1.165) is 25.9 Å². The first-order chi connectivity index (χ1) is 9.17. The third kappa shape index (κ3) is 6.29. The van der Waals surface area contributed by atoms with Crippen molar-refractivity contribution in [2.75, 3.05) is 27.4 Å². The van der Waals surface area contributed by atoms with Crippen LogP contribution < -0.4 is 0 Å². The Morgan fingerprint density at radius 1 is 1.37 bits per heavy atom. The summed E-state index contributed by atoms with van der Waals surface area (Å²) in [5, 5.41) is 0. The van der Waals surface area contributed by atoms with Gasteiger partial charge >= 0.3 is 0 Å². The molecule has 2 unspecified atom stereocenters. The van der Waals surface area contributed by atoms with Crippen LogP contribution in [0, 0.1) is 5.92 Å². The van der Waals surface area contributed by atoms with Gasteiger partial charge < -0.3 is 18.9 Å². The summed E-state index contributed by atoms with van der Waals surface area (Å²) >= 11 is 0. The lowest BCUT2D eigenvalue weighted by Gasteiger charge is -2.23. The van der Waals surface area contributed by atoms with Crippen LogP contribution >= 0.6 is 0 Å². The number of hydrogen-bond donors (Lipinski definition) is 0. The molecule has 0 aliphatic carbocycles. The van der Waals surface area contributed by atoms with E-state index in [0.29, 0.717) is 6.61 Å². The second kappa shape index (κ2) is 9.20. The van der Waals surface area contributed by atoms with Gasteiger partial charge in [-0.1, -0.05) is 13.0 Å². The van der Waals surface area contributed by atoms with E-state index in [1.54, 1.807) is 6.08 Å². The number of ether oxygens (including phenoxy) is 4. The first-order valence-electron chi connectivity index (χ1n) is 6.68. The standard InChI is InChI=1S/C14H24O5/c1-11(7-8-12(15)14(16-2)17-3)10-19-13-6-4-5-9-18-13/h7-8,11,13-14H,4-6,9-10H2,1-3H3. The van der Waals surface area contributed by atoms with Crippen molar-refractivity contribution in [2.45, 2.75) is 38.8 Å². The van der Waals surface area contributed by atoms with Gasteiger partial charge in [-0.25, -0.2) is 0 Å². The summed E-state index contributed by atoms with van der Waals surface area (Å²) in [6, 6.07) is 0. The number of carbonyl (C=O) groups excluding carboxylic acids is 1. The first kappa shape index (κ1) is 16.3. The van der Waals surface area contributed by atoms with Gasteiger partial charge in [-0.15, -0.1) is 0 Å². The molecule has 1 saturated heterocycles. The predicted octanol–water partition coefficient (Wildman–Crippen LogP) is 1.91. The lowest BCUT2D eigenvalue weighted by atomic mass is 10.1. The molecule has 0 aromatic carbocycles. The molecule has 0 aromatic rings. The number of rotatable bonds is 8. The zero-order valence-electron chi connectivity index (χ0n) is 12.0. The number of ketones is 1. The molecule has 0 aromatic heterocycles. The Morgan fingerprint density at radius 3 is 2.68 bits per heavy atom. The second-order valence-electron chi connectivity index (χ2n) is 4.67. The summed E-state index contributed by atoms with van der Waals surface area (Å²) in [6.07, 6.45) is 5.57. The Hall–Kier alpha value is -0.750. The van der Waals surface area contributed by atoms with Gasteiger partial charge in [0.25, 0.3) is 0 Å². The van der Waals surface area contributed by atoms with E-state index >= 15 is 0 Å². The third-order valence-corrected chi connectivity index (χ3v) is 2.93. The summed E-state index contributed by atoms with van der Waals surface area (Å²) in [7, 11) is 2.87. The van der Waals surface area contributed by atoms with Crippen LogP contribution in [0.2, 0.25) is 0 Å². The van der Waals surface area contributed by atoms with Gasteiger partial charge in [-0.3, -0.25) is 4.79 Å². The molecule has 5 nitrogen and oxygen atoms in total. The van der Waals surface area contributed by atoms with E-state index in [1.807, 2.05) is 6.92 Å². The Bertz CT molecular complexity index is 280. The lowest BCUT2D eigenvalue weighted by Crippen LogP contribution is -2.24. The molecule has 0 bridgehead atoms. The lowest BCUT2D eigenvalue weighted by molar-refractivity contribution is -0.166. The summed E-state index contributed by atoms with van der Waals surface area (Å²) in [4.78, 5) is 11.6. The third-order valence-electron chi connectivity index (χ3n) is 2.93. The first-order valence-corrected chi connectivity index (χ1v) is 6.68. The van der Waals surface area contributed by atoms with E-state index in [9.17, 15) is 4.79 Å². The van der Waals surface area contributed by atoms with Crippen molar-refractivity contribution in [3.8, 4) is 0 Å². The molecular formula is C14H24O5. The maximum absolute atomic E-state index is 11.6. The SMILES string of the molecule is COC(OC)C(=O)C=CC(C)COC1CCCCO1. The van der Waals surface area contributed by atoms with Gasteiger partial charge in [0.1, 0.15) is 0 Å². The zero-order valence-corrected chi connectivity index (χ0v) is 12.0. The van der Waals surface area contributed by atoms with Crippen LogP contribution in [-0.2, 0) is 23.7 Å². The summed E-state index contributed by atoms with van der Waals surface area (Å²) < 4.78 is 20.9. The molecule has 110 valence electrons. The molecule has 19 heavy (non-hydrogen) atoms. The topological polar surface area (TPSA) is 54.0 Å². The van der Waals surface area contributed by atoms with E-state index in [-0.39, 0.29) is 18.0 Å². The molecule has 0 N–H and O–H groups in total. The molecule has 0 spiro atoms. The van der Waals surface area contributed by atoms with Gasteiger partial charge in [-0.2, -0.15) is 0 Å². The highest BCUT2D eigenvalue weighted by atomic mass is 16.7. The minimum Gasteiger partial charge on any atom is -0.353 e. The van der Waals surface area contributed by atoms with Crippen LogP contribution in [0.4, 0.5) is 0 Å². The molecule has 1 fully saturated rings. The van der Waals surface area contributed by atoms with Gasteiger partial charge in [-0.05, 0) is 31.3 Å². The fourth-order valence-corrected chi connectivity index (χ4v) is 1.82. The highest BCUT2D eigenvalue weighted by molar-refractivity contribution is 5.92. The average molecular weight is 272 g/mol. The minimum absolute atomic E-state index is 0.0917. The Morgan fingerprint density at radius 2 is 2.11 bits per heavy atom. The van der Waals surface area contributed by atoms with Crippen molar-refractivity contribution >= 4 is 5.78 Å². The van der Waals surface area contributed by atoms with Crippen molar-refractivity contribution in [1.29, 1.82) is 0 Å². The summed E-state index contributed by atoms with van der Waals surface area (Å²) in [6.45, 7) is 3.30. The van der Waals surface area contributed by atoms with Crippen molar-refractivity contribution in [2.24, 2.45) is 5.92 Å². The van der Waals surface area contributed by atoms with Crippen LogP contribution in [0.25, 0.3) is 0 Å². The van der Waals surface area contributed by atoms with Gasteiger partial charge in [0.15, 0.2) is 6.29 Å². The number of methoxy groups -OCH3 is 2. The molecule has 0 saturated carbocycles. The predicted molar refractivity (Wildman–Crippen MR) is 70.7 cm³/mol. The number of hydrogen-bond acceptors (Lipinski definition) is 5. The molecule has 0 amide bonds. The molecule has 1 rings (SSSR count). The number of carbonyl (C=O) groups is 1. The summed E-state index contributed by atoms with van der Waals surface area (Å²) in [5.41, 5.74) is 0. The molecule has 1 heterocycles. The largest absolute Gasteiger partial charge is 0.353 e. The average Bonchev–Trinajstić information content (AvgIpc) is 2.45. The minimum atomic E-state index is -0.828. The van der Waals surface area contributed by atoms with Crippen LogP contribution in [0.15, 0.2) is 12.2 Å². The smallest absolute Gasteiger partial charge is 0.221 e. The van der Waals surface area contributed by atoms with Crippen LogP contribution in [0.3, 0.4) is 0 Å². The van der Waals surface area contributed by atoms with E-state index in [1.165, 1.54) is 20.3 Å². The normalized spacial score (nSPS) is 22.0. The molecule has 0 radical (unpaired) electrons. The quantitative estimate of drug-likeness (QED) is 0.499. The maximum Gasteiger partial charge on any atom is 0.221 e. The molecule has 1 aliphatic heterocycles. The summed E-state index contributed by atoms with van der Waals surface area (Å²) in [5.74, 6) is -0.0606. The Kier molecular flexibility index (Phi) is 7.90. The van der Waals surface area contributed by atoms with Gasteiger partial charge in [0.05, 0.1) is 6.61 Å². The highest BCUT2D eigenvalue weighted by Crippen LogP contribution is 2.14. The molecule has 1 aliphatic rings. The van der Waals surface area contributed by atoms with Gasteiger partial charge in [0.2, 0.25) is 12.1 Å². The van der Waals surface area contributed by atoms with E-state index in [2.05, 4.69) is 0 Å². The molecule has 5 heteroatoms. The second-order valence-corrected chi connectivity index (χ2v) is 4.67. The fourth-order valence-electron chi connectivity index (χ4n) is 1.82. The van der Waals surface area contributed by atoms with Gasteiger partial charge in [0, 0.05) is 20.8 Å². The van der Waals surface area contributed by atoms with E-state index < -0.39 is 6.29 Å². The molecular weight excluding hydrogens is 248 g/mol. The van der Waals surface area contributed by atoms with Crippen LogP contribution in [-0.4, -0.2) is 45.8 Å². The van der Waals surface area contributed by atoms with Crippen LogP contribution in [0.1, 0.15) is 26.2 Å². The maximum atomic E-state index is 11.6. The van der Waals surface area contributed by atoms with Crippen molar-refractivity contribution in [3.63, 3.8) is 0 Å². The Labute approximate surface area is 114 Å². The van der Waals surface area contributed by atoms with Crippen molar-refractivity contribution < 1.29 is 23.7 Å². The van der Waals surface area contributed by atoms with Crippen molar-refractivity contribution in [3.05, 3.63) is 12.2 Å². The fraction of sp³-hybridized carbons (Fsp3) is 0.786. The molecule has 2 atom stereocenters. The van der Waals surface area contributed by atoms with Crippen LogP contribution in [0.5, 0.6) is 0 Å². The highest BCUT2D eigenvalue weighted by Gasteiger charge is 2.16. The Balaban J connectivity index is 2.25. The van der Waals surface area contributed by atoms with Crippen molar-refractivity contribution in [1.82, 2.24) is 0 Å². The monoisotopic (exact) mass is 272 g/mol.